The molecule has 1 aliphatic carbocycles. The zero-order chi connectivity index (χ0) is 14.5. The van der Waals surface area contributed by atoms with E-state index in [4.69, 9.17) is 0 Å². The molecule has 0 saturated heterocycles. The van der Waals surface area contributed by atoms with Crippen molar-refractivity contribution < 1.29 is 0 Å². The molecule has 0 radical (unpaired) electrons. The molecule has 6 heteroatoms. The molecule has 1 aliphatic rings. The van der Waals surface area contributed by atoms with Crippen LogP contribution in [0.4, 0.5) is 17.8 Å². The van der Waals surface area contributed by atoms with E-state index in [1.807, 2.05) is 26.0 Å². The lowest BCUT2D eigenvalue weighted by Gasteiger charge is -2.23. The molecule has 2 unspecified atom stereocenters. The molecule has 1 fully saturated rings. The minimum atomic E-state index is 0.458. The van der Waals surface area contributed by atoms with Gasteiger partial charge in [-0.1, -0.05) is 26.2 Å². The Morgan fingerprint density at radius 1 is 1.00 bits per heavy atom. The third-order valence-corrected chi connectivity index (χ3v) is 3.92. The fraction of sp³-hybridized carbons (Fsp3) is 0.786. The second-order valence-corrected chi connectivity index (χ2v) is 5.79. The van der Waals surface area contributed by atoms with Crippen molar-refractivity contribution in [3.63, 3.8) is 0 Å². The van der Waals surface area contributed by atoms with E-state index in [0.717, 1.165) is 0 Å². The van der Waals surface area contributed by atoms with E-state index in [-0.39, 0.29) is 0 Å². The number of anilines is 3. The predicted molar refractivity (Wildman–Crippen MR) is 83.4 cm³/mol. The van der Waals surface area contributed by atoms with Gasteiger partial charge in [0.25, 0.3) is 0 Å². The molecule has 1 aromatic rings. The quantitative estimate of drug-likeness (QED) is 0.824. The predicted octanol–water partition coefficient (Wildman–Crippen LogP) is 2.36. The topological polar surface area (TPSA) is 66.0 Å². The van der Waals surface area contributed by atoms with Crippen LogP contribution in [0.25, 0.3) is 0 Å². The number of aromatic nitrogens is 3. The molecule has 0 bridgehead atoms. The molecule has 1 heterocycles. The molecule has 0 spiro atoms. The SMILES string of the molecule is CNc1nc(NC2CCCCCC2C)nc(N(C)C)n1. The van der Waals surface area contributed by atoms with Gasteiger partial charge in [0.1, 0.15) is 0 Å². The maximum atomic E-state index is 4.49. The molecule has 2 N–H and O–H groups in total. The van der Waals surface area contributed by atoms with Crippen LogP contribution in [-0.2, 0) is 0 Å². The molecule has 0 aromatic carbocycles. The Bertz CT molecular complexity index is 434. The second-order valence-electron chi connectivity index (χ2n) is 5.79. The summed E-state index contributed by atoms with van der Waals surface area (Å²) in [6.45, 7) is 2.32. The first kappa shape index (κ1) is 14.8. The van der Waals surface area contributed by atoms with Crippen LogP contribution in [0.5, 0.6) is 0 Å². The van der Waals surface area contributed by atoms with E-state index < -0.39 is 0 Å². The maximum absolute atomic E-state index is 4.49. The third kappa shape index (κ3) is 3.71. The summed E-state index contributed by atoms with van der Waals surface area (Å²) in [5, 5.41) is 6.51. The van der Waals surface area contributed by atoms with Gasteiger partial charge in [-0.3, -0.25) is 0 Å². The van der Waals surface area contributed by atoms with Crippen LogP contribution in [0, 0.1) is 5.92 Å². The highest BCUT2D eigenvalue weighted by Gasteiger charge is 2.21. The Hall–Kier alpha value is -1.59. The molecule has 1 saturated carbocycles. The summed E-state index contributed by atoms with van der Waals surface area (Å²) >= 11 is 0. The Morgan fingerprint density at radius 3 is 2.40 bits per heavy atom. The van der Waals surface area contributed by atoms with Crippen LogP contribution in [0.3, 0.4) is 0 Å². The fourth-order valence-electron chi connectivity index (χ4n) is 2.61. The van der Waals surface area contributed by atoms with Gasteiger partial charge >= 0.3 is 0 Å². The van der Waals surface area contributed by atoms with E-state index in [0.29, 0.717) is 29.8 Å². The molecule has 1 aromatic heterocycles. The largest absolute Gasteiger partial charge is 0.357 e. The lowest BCUT2D eigenvalue weighted by molar-refractivity contribution is 0.454. The van der Waals surface area contributed by atoms with E-state index in [2.05, 4.69) is 32.5 Å². The van der Waals surface area contributed by atoms with Crippen LogP contribution < -0.4 is 15.5 Å². The summed E-state index contributed by atoms with van der Waals surface area (Å²) in [7, 11) is 5.70. The van der Waals surface area contributed by atoms with Gasteiger partial charge in [-0.2, -0.15) is 15.0 Å². The summed E-state index contributed by atoms with van der Waals surface area (Å²) < 4.78 is 0. The lowest BCUT2D eigenvalue weighted by atomic mass is 9.97. The molecule has 0 amide bonds. The molecule has 112 valence electrons. The van der Waals surface area contributed by atoms with Gasteiger partial charge in [0.15, 0.2) is 0 Å². The molecule has 20 heavy (non-hydrogen) atoms. The first-order valence-corrected chi connectivity index (χ1v) is 7.48. The maximum Gasteiger partial charge on any atom is 0.231 e. The standard InChI is InChI=1S/C14H26N6/c1-10-8-6-5-7-9-11(10)16-13-17-12(15-2)18-14(19-13)20(3)4/h10-11H,5-9H2,1-4H3,(H2,15,16,17,18,19). The second kappa shape index (κ2) is 6.72. The Balaban J connectivity index is 2.16. The van der Waals surface area contributed by atoms with E-state index >= 15 is 0 Å². The molecular weight excluding hydrogens is 252 g/mol. The highest BCUT2D eigenvalue weighted by molar-refractivity contribution is 5.43. The normalized spacial score (nSPS) is 23.0. The monoisotopic (exact) mass is 278 g/mol. The van der Waals surface area contributed by atoms with Gasteiger partial charge < -0.3 is 15.5 Å². The van der Waals surface area contributed by atoms with Crippen LogP contribution in [0.1, 0.15) is 39.0 Å². The zero-order valence-electron chi connectivity index (χ0n) is 13.0. The van der Waals surface area contributed by atoms with Gasteiger partial charge in [0, 0.05) is 27.2 Å². The van der Waals surface area contributed by atoms with Crippen molar-refractivity contribution in [1.82, 2.24) is 15.0 Å². The summed E-state index contributed by atoms with van der Waals surface area (Å²) in [6, 6.07) is 0.458. The summed E-state index contributed by atoms with van der Waals surface area (Å²) in [4.78, 5) is 15.1. The van der Waals surface area contributed by atoms with E-state index in [9.17, 15) is 0 Å². The van der Waals surface area contributed by atoms with Gasteiger partial charge in [-0.25, -0.2) is 0 Å². The van der Waals surface area contributed by atoms with Gasteiger partial charge in [-0.15, -0.1) is 0 Å². The average molecular weight is 278 g/mol. The first-order valence-electron chi connectivity index (χ1n) is 7.48. The smallest absolute Gasteiger partial charge is 0.231 e. The van der Waals surface area contributed by atoms with Crippen molar-refractivity contribution in [3.05, 3.63) is 0 Å². The zero-order valence-corrected chi connectivity index (χ0v) is 13.0. The number of nitrogens with one attached hydrogen (secondary N) is 2. The van der Waals surface area contributed by atoms with Crippen LogP contribution in [0.2, 0.25) is 0 Å². The van der Waals surface area contributed by atoms with E-state index in [1.165, 1.54) is 32.1 Å². The van der Waals surface area contributed by atoms with Crippen molar-refractivity contribution in [2.75, 3.05) is 36.7 Å². The minimum Gasteiger partial charge on any atom is -0.357 e. The number of nitrogens with zero attached hydrogens (tertiary/aromatic N) is 4. The molecular formula is C14H26N6. The average Bonchev–Trinajstić information content (AvgIpc) is 2.64. The summed E-state index contributed by atoms with van der Waals surface area (Å²) in [6.07, 6.45) is 6.43. The molecule has 6 nitrogen and oxygen atoms in total. The van der Waals surface area contributed by atoms with Crippen molar-refractivity contribution in [2.24, 2.45) is 5.92 Å². The fourth-order valence-corrected chi connectivity index (χ4v) is 2.61. The van der Waals surface area contributed by atoms with Gasteiger partial charge in [0.05, 0.1) is 0 Å². The Morgan fingerprint density at radius 2 is 1.70 bits per heavy atom. The Labute approximate surface area is 121 Å². The highest BCUT2D eigenvalue weighted by atomic mass is 15.3. The van der Waals surface area contributed by atoms with Crippen molar-refractivity contribution in [1.29, 1.82) is 0 Å². The number of hydrogen-bond donors (Lipinski definition) is 2. The van der Waals surface area contributed by atoms with E-state index in [1.54, 1.807) is 0 Å². The van der Waals surface area contributed by atoms with Crippen molar-refractivity contribution in [2.45, 2.75) is 45.1 Å². The molecule has 0 aliphatic heterocycles. The first-order chi connectivity index (χ1) is 9.60. The van der Waals surface area contributed by atoms with Crippen LogP contribution in [-0.4, -0.2) is 42.1 Å². The molecule has 2 rings (SSSR count). The van der Waals surface area contributed by atoms with Crippen molar-refractivity contribution in [3.8, 4) is 0 Å². The van der Waals surface area contributed by atoms with Crippen LogP contribution >= 0.6 is 0 Å². The number of rotatable bonds is 4. The third-order valence-electron chi connectivity index (χ3n) is 3.92. The van der Waals surface area contributed by atoms with Crippen LogP contribution in [0.15, 0.2) is 0 Å². The molecule has 2 atom stereocenters. The summed E-state index contributed by atoms with van der Waals surface area (Å²) in [5.74, 6) is 2.61. The lowest BCUT2D eigenvalue weighted by Crippen LogP contribution is -2.28. The van der Waals surface area contributed by atoms with Crippen molar-refractivity contribution >= 4 is 17.8 Å². The number of hydrogen-bond acceptors (Lipinski definition) is 6. The highest BCUT2D eigenvalue weighted by Crippen LogP contribution is 2.25. The van der Waals surface area contributed by atoms with Gasteiger partial charge in [-0.05, 0) is 18.8 Å². The summed E-state index contributed by atoms with van der Waals surface area (Å²) in [5.41, 5.74) is 0. The Kier molecular flexibility index (Phi) is 4.98. The van der Waals surface area contributed by atoms with Gasteiger partial charge in [0.2, 0.25) is 17.8 Å². The minimum absolute atomic E-state index is 0.458.